The van der Waals surface area contributed by atoms with Crippen molar-refractivity contribution in [3.63, 3.8) is 0 Å². The molecule has 0 radical (unpaired) electrons. The molecule has 84 valence electrons. The maximum atomic E-state index is 5.16. The zero-order chi connectivity index (χ0) is 5.70. The lowest BCUT2D eigenvalue weighted by Gasteiger charge is -1.99. The van der Waals surface area contributed by atoms with Crippen molar-refractivity contribution in [3.05, 3.63) is 0 Å². The van der Waals surface area contributed by atoms with Crippen molar-refractivity contribution in [2.75, 3.05) is 12.8 Å². The van der Waals surface area contributed by atoms with E-state index < -0.39 is 8.80 Å². The first-order chi connectivity index (χ1) is 3.27. The fraction of sp³-hybridized carbons (Fsp3) is 1.00. The number of rotatable bonds is 3. The van der Waals surface area contributed by atoms with E-state index in [2.05, 4.69) is 13.1 Å². The normalized spacial score (nSPS) is 6.00. The van der Waals surface area contributed by atoms with Crippen LogP contribution in [0.2, 0.25) is 13.1 Å². The highest BCUT2D eigenvalue weighted by Crippen LogP contribution is 1.79. The zero-order valence-corrected chi connectivity index (χ0v) is 6.55. The van der Waals surface area contributed by atoms with Gasteiger partial charge in [0.25, 0.3) is 0 Å². The highest BCUT2D eigenvalue weighted by Gasteiger charge is 1.90. The van der Waals surface area contributed by atoms with E-state index >= 15 is 0 Å². The molecular formula is C10H34OSi. The Morgan fingerprint density at radius 1 is 0.917 bits per heavy atom. The summed E-state index contributed by atoms with van der Waals surface area (Å²) in [7, 11) is -0.410. The minimum Gasteiger partial charge on any atom is -0.385 e. The fourth-order valence-corrected chi connectivity index (χ4v) is 1.06. The van der Waals surface area contributed by atoms with Crippen LogP contribution in [-0.2, 0) is 4.74 Å². The maximum Gasteiger partial charge on any atom is 0.0616 e. The van der Waals surface area contributed by atoms with Gasteiger partial charge in [0.1, 0.15) is 0 Å². The summed E-state index contributed by atoms with van der Waals surface area (Å²) < 4.78 is 5.16. The van der Waals surface area contributed by atoms with Crippen LogP contribution in [0.15, 0.2) is 0 Å². The van der Waals surface area contributed by atoms with E-state index in [-0.39, 0.29) is 37.1 Å². The van der Waals surface area contributed by atoms with Gasteiger partial charge in [0.05, 0.1) is 8.80 Å². The monoisotopic (exact) mass is 198 g/mol. The van der Waals surface area contributed by atoms with Gasteiger partial charge in [-0.1, -0.05) is 50.2 Å². The molecule has 0 spiro atoms. The lowest BCUT2D eigenvalue weighted by Crippen LogP contribution is -2.10. The maximum absolute atomic E-state index is 5.16. The predicted octanol–water partition coefficient (Wildman–Crippen LogP) is 4.23. The van der Waals surface area contributed by atoms with Crippen LogP contribution in [-0.4, -0.2) is 21.6 Å². The predicted molar refractivity (Wildman–Crippen MR) is 69.0 cm³/mol. The highest BCUT2D eigenvalue weighted by molar-refractivity contribution is 6.55. The van der Waals surface area contributed by atoms with Gasteiger partial charge in [0.2, 0.25) is 0 Å². The summed E-state index contributed by atoms with van der Waals surface area (Å²) in [5, 5.41) is 0. The van der Waals surface area contributed by atoms with E-state index in [0.717, 1.165) is 12.8 Å². The molecule has 0 fully saturated rings. The van der Waals surface area contributed by atoms with E-state index in [4.69, 9.17) is 4.74 Å². The molecule has 0 N–H and O–H groups in total. The minimum atomic E-state index is -0.410. The topological polar surface area (TPSA) is 9.23 Å². The summed E-state index contributed by atoms with van der Waals surface area (Å²) in [4.78, 5) is 0. The number of hydrogen-bond donors (Lipinski definition) is 0. The Labute approximate surface area is 84.1 Å². The van der Waals surface area contributed by atoms with Gasteiger partial charge >= 0.3 is 0 Å². The van der Waals surface area contributed by atoms with Crippen LogP contribution in [0, 0.1) is 0 Å². The highest BCUT2D eigenvalue weighted by atomic mass is 28.3. The van der Waals surface area contributed by atoms with Gasteiger partial charge in [-0.05, 0) is 6.92 Å². The Bertz CT molecular complexity index is 38.8. The average molecular weight is 198 g/mol. The summed E-state index contributed by atoms with van der Waals surface area (Å²) in [6.45, 7) is 7.49. The van der Waals surface area contributed by atoms with Crippen molar-refractivity contribution in [3.8, 4) is 0 Å². The van der Waals surface area contributed by atoms with Crippen LogP contribution in [0.4, 0.5) is 0 Å². The average Bonchev–Trinajstić information content (AvgIpc) is 1.61. The summed E-state index contributed by atoms with van der Waals surface area (Å²) in [6, 6.07) is 0. The molecule has 0 amide bonds. The van der Waals surface area contributed by atoms with Crippen LogP contribution in [0.1, 0.15) is 44.1 Å². The van der Waals surface area contributed by atoms with Crippen molar-refractivity contribution in [1.29, 1.82) is 0 Å². The molecule has 0 aromatic carbocycles. The van der Waals surface area contributed by atoms with E-state index in [0.29, 0.717) is 0 Å². The first kappa shape index (κ1) is 39.9. The minimum absolute atomic E-state index is 0. The van der Waals surface area contributed by atoms with Crippen molar-refractivity contribution in [1.82, 2.24) is 0 Å². The van der Waals surface area contributed by atoms with Gasteiger partial charge in [-0.2, -0.15) is 0 Å². The van der Waals surface area contributed by atoms with Crippen LogP contribution in [0.5, 0.6) is 0 Å². The summed E-state index contributed by atoms with van der Waals surface area (Å²) >= 11 is 0. The molecule has 12 heavy (non-hydrogen) atoms. The number of ether oxygens (including phenoxy) is 1. The first-order valence-electron chi connectivity index (χ1n) is 2.85. The van der Waals surface area contributed by atoms with Crippen LogP contribution in [0.25, 0.3) is 0 Å². The molecule has 1 nitrogen and oxygen atoms in total. The molecule has 2 heteroatoms. The van der Waals surface area contributed by atoms with Gasteiger partial charge in [0, 0.05) is 12.8 Å². The first-order valence-corrected chi connectivity index (χ1v) is 5.97. The van der Waals surface area contributed by atoms with Crippen LogP contribution >= 0.6 is 0 Å². The third-order valence-corrected chi connectivity index (χ3v) is 1.56. The van der Waals surface area contributed by atoms with Crippen molar-refractivity contribution in [2.45, 2.75) is 57.2 Å². The van der Waals surface area contributed by atoms with E-state index in [1.165, 1.54) is 0 Å². The molecule has 0 aliphatic carbocycles. The van der Waals surface area contributed by atoms with Gasteiger partial charge in [-0.3, -0.25) is 0 Å². The second-order valence-electron chi connectivity index (χ2n) is 2.05. The Kier molecular flexibility index (Phi) is 101. The second-order valence-corrected chi connectivity index (χ2v) is 5.17. The van der Waals surface area contributed by atoms with Crippen molar-refractivity contribution < 1.29 is 4.74 Å². The quantitative estimate of drug-likeness (QED) is 0.617. The van der Waals surface area contributed by atoms with E-state index in [1.54, 1.807) is 0 Å². The molecule has 0 aliphatic heterocycles. The molecule has 0 bridgehead atoms. The largest absolute Gasteiger partial charge is 0.385 e. The van der Waals surface area contributed by atoms with Crippen LogP contribution < -0.4 is 0 Å². The Morgan fingerprint density at radius 3 is 1.33 bits per heavy atom. The van der Waals surface area contributed by atoms with Crippen LogP contribution in [0.3, 0.4) is 0 Å². The summed E-state index contributed by atoms with van der Waals surface area (Å²) in [5.74, 6) is 0. The third kappa shape index (κ3) is 49.1. The van der Waals surface area contributed by atoms with Gasteiger partial charge < -0.3 is 4.74 Å². The second kappa shape index (κ2) is 30.3. The SMILES string of the molecule is C.C.C.C.C.CCOC[SiH](C)C. The van der Waals surface area contributed by atoms with Crippen molar-refractivity contribution in [2.24, 2.45) is 0 Å². The number of hydrogen-bond acceptors (Lipinski definition) is 1. The van der Waals surface area contributed by atoms with Crippen molar-refractivity contribution >= 4 is 8.80 Å². The Hall–Kier alpha value is 0.177. The molecule has 0 unspecified atom stereocenters. The molecule has 0 rings (SSSR count). The molecule has 0 atom stereocenters. The molecule has 0 heterocycles. The fourth-order valence-electron chi connectivity index (χ4n) is 0.354. The molecular weight excluding hydrogens is 164 g/mol. The Balaban J connectivity index is -0.0000000180. The molecule has 0 aliphatic rings. The van der Waals surface area contributed by atoms with Gasteiger partial charge in [0.15, 0.2) is 0 Å². The summed E-state index contributed by atoms with van der Waals surface area (Å²) in [5.41, 5.74) is 0. The Morgan fingerprint density at radius 2 is 1.25 bits per heavy atom. The van der Waals surface area contributed by atoms with E-state index in [9.17, 15) is 0 Å². The molecule has 0 saturated carbocycles. The third-order valence-electron chi connectivity index (χ3n) is 0.655. The molecule has 0 aromatic heterocycles. The van der Waals surface area contributed by atoms with E-state index in [1.807, 2.05) is 6.92 Å². The lowest BCUT2D eigenvalue weighted by atomic mass is 10.9. The summed E-state index contributed by atoms with van der Waals surface area (Å²) in [6.07, 6.45) is 1.04. The molecule has 0 saturated heterocycles. The zero-order valence-electron chi connectivity index (χ0n) is 5.40. The smallest absolute Gasteiger partial charge is 0.0616 e. The standard InChI is InChI=1S/C5H14OSi.5CH4/c1-4-6-5-7(2)3;;;;;/h7H,4-5H2,1-3H3;5*1H4. The lowest BCUT2D eigenvalue weighted by molar-refractivity contribution is 0.191. The van der Waals surface area contributed by atoms with Gasteiger partial charge in [-0.15, -0.1) is 0 Å². The van der Waals surface area contributed by atoms with Gasteiger partial charge in [-0.25, -0.2) is 0 Å². The molecule has 0 aromatic rings.